The Balaban J connectivity index is 2.61. The number of rotatable bonds is 6. The van der Waals surface area contributed by atoms with Crippen LogP contribution in [0, 0.1) is 5.41 Å². The first kappa shape index (κ1) is 18.2. The Bertz CT molecular complexity index is 329. The van der Waals surface area contributed by atoms with Gasteiger partial charge in [-0.15, -0.1) is 0 Å². The molecular weight excluding hydrogens is 266 g/mol. The molecule has 2 unspecified atom stereocenters. The average Bonchev–Trinajstić information content (AvgIpc) is 2.38. The van der Waals surface area contributed by atoms with Gasteiger partial charge in [0, 0.05) is 31.8 Å². The molecule has 0 radical (unpaired) electrons. The van der Waals surface area contributed by atoms with Crippen molar-refractivity contribution in [3.63, 3.8) is 0 Å². The molecule has 0 aromatic carbocycles. The predicted molar refractivity (Wildman–Crippen MR) is 86.4 cm³/mol. The molecule has 21 heavy (non-hydrogen) atoms. The predicted octanol–water partition coefficient (Wildman–Crippen LogP) is 1.91. The van der Waals surface area contributed by atoms with E-state index in [4.69, 9.17) is 5.11 Å². The Morgan fingerprint density at radius 3 is 2.67 bits per heavy atom. The average molecular weight is 299 g/mol. The number of amides is 2. The summed E-state index contributed by atoms with van der Waals surface area (Å²) in [5, 5.41) is 12.3. The number of carbonyl (C=O) groups excluding carboxylic acids is 1. The summed E-state index contributed by atoms with van der Waals surface area (Å²) in [6.45, 7) is 8.31. The van der Waals surface area contributed by atoms with E-state index in [1.807, 2.05) is 4.90 Å². The molecule has 0 aromatic rings. The fraction of sp³-hybridized carbons (Fsp3) is 0.938. The molecule has 5 nitrogen and oxygen atoms in total. The summed E-state index contributed by atoms with van der Waals surface area (Å²) in [6.07, 6.45) is 3.90. The van der Waals surface area contributed by atoms with E-state index in [0.29, 0.717) is 6.42 Å². The van der Waals surface area contributed by atoms with Crippen LogP contribution in [0.15, 0.2) is 0 Å². The molecule has 1 fully saturated rings. The highest BCUT2D eigenvalue weighted by molar-refractivity contribution is 5.75. The lowest BCUT2D eigenvalue weighted by Gasteiger charge is -2.39. The second-order valence-electron chi connectivity index (χ2n) is 7.25. The number of aliphatic hydroxyl groups is 1. The molecule has 5 heteroatoms. The van der Waals surface area contributed by atoms with Gasteiger partial charge < -0.3 is 20.2 Å². The topological polar surface area (TPSA) is 55.8 Å². The molecule has 2 amide bonds. The Kier molecular flexibility index (Phi) is 6.94. The molecule has 2 N–H and O–H groups in total. The van der Waals surface area contributed by atoms with Gasteiger partial charge in [-0.25, -0.2) is 4.79 Å². The summed E-state index contributed by atoms with van der Waals surface area (Å²) < 4.78 is 0. The highest BCUT2D eigenvalue weighted by Crippen LogP contribution is 2.23. The molecule has 0 saturated carbocycles. The van der Waals surface area contributed by atoms with Crippen molar-refractivity contribution in [2.24, 2.45) is 5.41 Å². The van der Waals surface area contributed by atoms with Crippen molar-refractivity contribution in [2.75, 3.05) is 33.8 Å². The third-order valence-electron chi connectivity index (χ3n) is 4.59. The number of aliphatic hydroxyl groups excluding tert-OH is 1. The fourth-order valence-corrected chi connectivity index (χ4v) is 3.13. The second kappa shape index (κ2) is 7.99. The van der Waals surface area contributed by atoms with Crippen LogP contribution in [0.3, 0.4) is 0 Å². The van der Waals surface area contributed by atoms with E-state index in [0.717, 1.165) is 32.4 Å². The highest BCUT2D eigenvalue weighted by Gasteiger charge is 2.31. The lowest BCUT2D eigenvalue weighted by Crippen LogP contribution is -2.55. The normalized spacial score (nSPS) is 21.5. The maximum Gasteiger partial charge on any atom is 0.317 e. The first-order valence-electron chi connectivity index (χ1n) is 8.10. The minimum atomic E-state index is 0.0153. The van der Waals surface area contributed by atoms with Gasteiger partial charge in [-0.3, -0.25) is 0 Å². The first-order chi connectivity index (χ1) is 9.77. The van der Waals surface area contributed by atoms with Crippen LogP contribution in [0.2, 0.25) is 0 Å². The third kappa shape index (κ3) is 5.47. The van der Waals surface area contributed by atoms with Crippen molar-refractivity contribution in [3.05, 3.63) is 0 Å². The number of hydrogen-bond acceptors (Lipinski definition) is 3. The van der Waals surface area contributed by atoms with Gasteiger partial charge in [0.05, 0.1) is 0 Å². The van der Waals surface area contributed by atoms with Crippen molar-refractivity contribution in [2.45, 2.75) is 58.5 Å². The van der Waals surface area contributed by atoms with Gasteiger partial charge in [0.25, 0.3) is 0 Å². The zero-order chi connectivity index (χ0) is 16.0. The van der Waals surface area contributed by atoms with Crippen LogP contribution >= 0.6 is 0 Å². The maximum atomic E-state index is 12.5. The van der Waals surface area contributed by atoms with Gasteiger partial charge in [-0.05, 0) is 52.1 Å². The maximum absolute atomic E-state index is 12.5. The molecule has 1 saturated heterocycles. The Morgan fingerprint density at radius 1 is 1.43 bits per heavy atom. The largest absolute Gasteiger partial charge is 0.396 e. The minimum absolute atomic E-state index is 0.0153. The molecular formula is C16H33N3O2. The van der Waals surface area contributed by atoms with Gasteiger partial charge in [0.1, 0.15) is 0 Å². The molecule has 0 aromatic heterocycles. The smallest absolute Gasteiger partial charge is 0.317 e. The summed E-state index contributed by atoms with van der Waals surface area (Å²) >= 11 is 0. The van der Waals surface area contributed by atoms with E-state index < -0.39 is 0 Å². The van der Waals surface area contributed by atoms with Crippen LogP contribution in [-0.4, -0.2) is 66.8 Å². The quantitative estimate of drug-likeness (QED) is 0.788. The van der Waals surface area contributed by atoms with Crippen LogP contribution in [-0.2, 0) is 0 Å². The van der Waals surface area contributed by atoms with Crippen LogP contribution < -0.4 is 5.32 Å². The second-order valence-corrected chi connectivity index (χ2v) is 7.25. The monoisotopic (exact) mass is 299 g/mol. The van der Waals surface area contributed by atoms with Crippen molar-refractivity contribution < 1.29 is 9.90 Å². The molecule has 1 aliphatic heterocycles. The Morgan fingerprint density at radius 2 is 2.10 bits per heavy atom. The number of nitrogens with one attached hydrogen (secondary N) is 1. The summed E-state index contributed by atoms with van der Waals surface area (Å²) in [6, 6.07) is 0.310. The number of hydrogen-bond donors (Lipinski definition) is 2. The van der Waals surface area contributed by atoms with E-state index >= 15 is 0 Å². The van der Waals surface area contributed by atoms with E-state index in [-0.39, 0.29) is 30.1 Å². The van der Waals surface area contributed by atoms with Crippen molar-refractivity contribution in [3.8, 4) is 0 Å². The van der Waals surface area contributed by atoms with Crippen LogP contribution in [0.5, 0.6) is 0 Å². The van der Waals surface area contributed by atoms with Crippen molar-refractivity contribution in [1.29, 1.82) is 0 Å². The summed E-state index contributed by atoms with van der Waals surface area (Å²) in [4.78, 5) is 16.6. The number of nitrogens with zero attached hydrogens (tertiary/aromatic N) is 2. The zero-order valence-electron chi connectivity index (χ0n) is 14.4. The Hall–Kier alpha value is -0.810. The standard InChI is InChI=1S/C16H33N3O2/c1-13(16(2,3)12-18(4)5)17-15(21)19-10-7-6-8-14(19)9-11-20/h13-14,20H,6-12H2,1-5H3,(H,17,21). The van der Waals surface area contributed by atoms with Crippen molar-refractivity contribution >= 4 is 6.03 Å². The van der Waals surface area contributed by atoms with E-state index in [9.17, 15) is 4.79 Å². The third-order valence-corrected chi connectivity index (χ3v) is 4.59. The molecule has 2 atom stereocenters. The van der Waals surface area contributed by atoms with Gasteiger partial charge in [-0.2, -0.15) is 0 Å². The lowest BCUT2D eigenvalue weighted by atomic mass is 9.85. The lowest BCUT2D eigenvalue weighted by molar-refractivity contribution is 0.119. The van der Waals surface area contributed by atoms with Gasteiger partial charge >= 0.3 is 6.03 Å². The van der Waals surface area contributed by atoms with Gasteiger partial charge in [0.15, 0.2) is 0 Å². The molecule has 0 bridgehead atoms. The summed E-state index contributed by atoms with van der Waals surface area (Å²) in [5.41, 5.74) is 0.0153. The number of likely N-dealkylation sites (tertiary alicyclic amines) is 1. The zero-order valence-corrected chi connectivity index (χ0v) is 14.4. The van der Waals surface area contributed by atoms with Gasteiger partial charge in [-0.1, -0.05) is 13.8 Å². The molecule has 1 heterocycles. The minimum Gasteiger partial charge on any atom is -0.396 e. The van der Waals surface area contributed by atoms with Crippen LogP contribution in [0.25, 0.3) is 0 Å². The van der Waals surface area contributed by atoms with Crippen LogP contribution in [0.1, 0.15) is 46.5 Å². The Labute approximate surface area is 129 Å². The number of urea groups is 1. The molecule has 1 rings (SSSR count). The highest BCUT2D eigenvalue weighted by atomic mass is 16.3. The van der Waals surface area contributed by atoms with E-state index in [2.05, 4.69) is 45.1 Å². The fourth-order valence-electron chi connectivity index (χ4n) is 3.13. The van der Waals surface area contributed by atoms with Crippen molar-refractivity contribution in [1.82, 2.24) is 15.1 Å². The molecule has 124 valence electrons. The number of piperidine rings is 1. The molecule has 0 spiro atoms. The summed E-state index contributed by atoms with van der Waals surface area (Å²) in [5.74, 6) is 0. The van der Waals surface area contributed by atoms with E-state index in [1.165, 1.54) is 0 Å². The summed E-state index contributed by atoms with van der Waals surface area (Å²) in [7, 11) is 4.11. The molecule has 1 aliphatic rings. The van der Waals surface area contributed by atoms with Crippen LogP contribution in [0.4, 0.5) is 4.79 Å². The van der Waals surface area contributed by atoms with E-state index in [1.54, 1.807) is 0 Å². The number of carbonyl (C=O) groups is 1. The first-order valence-corrected chi connectivity index (χ1v) is 8.10. The molecule has 0 aliphatic carbocycles. The SMILES string of the molecule is CC(NC(=O)N1CCCCC1CCO)C(C)(C)CN(C)C. The van der Waals surface area contributed by atoms with Gasteiger partial charge in [0.2, 0.25) is 0 Å².